The van der Waals surface area contributed by atoms with E-state index in [0.29, 0.717) is 41.1 Å². The van der Waals surface area contributed by atoms with Crippen molar-refractivity contribution in [2.45, 2.75) is 4.90 Å². The van der Waals surface area contributed by atoms with E-state index in [1.165, 1.54) is 11.8 Å². The average Bonchev–Trinajstić information content (AvgIpc) is 2.52. The molecule has 0 radical (unpaired) electrons. The smallest absolute Gasteiger partial charge is 0.173 e. The number of ether oxygens (including phenoxy) is 2. The maximum absolute atomic E-state index is 12.2. The molecule has 3 rings (SSSR count). The molecule has 0 spiro atoms. The van der Waals surface area contributed by atoms with Crippen LogP contribution in [-0.4, -0.2) is 24.7 Å². The second-order valence-electron chi connectivity index (χ2n) is 4.53. The van der Waals surface area contributed by atoms with Crippen LogP contribution in [0.25, 0.3) is 0 Å². The Morgan fingerprint density at radius 2 is 1.90 bits per heavy atom. The molecule has 0 atom stereocenters. The van der Waals surface area contributed by atoms with E-state index < -0.39 is 0 Å². The van der Waals surface area contributed by atoms with Crippen molar-refractivity contribution < 1.29 is 14.3 Å². The minimum Gasteiger partial charge on any atom is -0.486 e. The van der Waals surface area contributed by atoms with Gasteiger partial charge in [-0.15, -0.1) is 11.8 Å². The lowest BCUT2D eigenvalue weighted by Gasteiger charge is -2.18. The van der Waals surface area contributed by atoms with Crippen LogP contribution < -0.4 is 9.47 Å². The highest BCUT2D eigenvalue weighted by atomic mass is 35.5. The van der Waals surface area contributed by atoms with Gasteiger partial charge in [-0.2, -0.15) is 0 Å². The van der Waals surface area contributed by atoms with E-state index >= 15 is 0 Å². The third-order valence-corrected chi connectivity index (χ3v) is 4.26. The third kappa shape index (κ3) is 3.52. The predicted molar refractivity (Wildman–Crippen MR) is 83.9 cm³/mol. The number of hydrogen-bond donors (Lipinski definition) is 0. The van der Waals surface area contributed by atoms with E-state index in [2.05, 4.69) is 0 Å². The highest BCUT2D eigenvalue weighted by molar-refractivity contribution is 8.00. The standard InChI is InChI=1S/C16H13ClO3S/c17-12-2-1-3-13(9-12)21-10-14(18)11-4-5-15-16(8-11)20-7-6-19-15/h1-5,8-9H,6-7,10H2. The van der Waals surface area contributed by atoms with Gasteiger partial charge in [-0.05, 0) is 36.4 Å². The molecule has 0 saturated heterocycles. The minimum absolute atomic E-state index is 0.0527. The Kier molecular flexibility index (Phi) is 4.36. The summed E-state index contributed by atoms with van der Waals surface area (Å²) < 4.78 is 10.9. The Balaban J connectivity index is 1.68. The van der Waals surface area contributed by atoms with E-state index in [1.54, 1.807) is 18.2 Å². The van der Waals surface area contributed by atoms with Crippen LogP contribution in [0.2, 0.25) is 5.02 Å². The zero-order valence-corrected chi connectivity index (χ0v) is 12.7. The van der Waals surface area contributed by atoms with Gasteiger partial charge in [-0.25, -0.2) is 0 Å². The van der Waals surface area contributed by atoms with Gasteiger partial charge in [0.05, 0.1) is 5.75 Å². The number of ketones is 1. The maximum Gasteiger partial charge on any atom is 0.173 e. The second-order valence-corrected chi connectivity index (χ2v) is 6.01. The van der Waals surface area contributed by atoms with Gasteiger partial charge in [0.25, 0.3) is 0 Å². The number of rotatable bonds is 4. The molecule has 2 aromatic rings. The van der Waals surface area contributed by atoms with Crippen molar-refractivity contribution >= 4 is 29.1 Å². The van der Waals surface area contributed by atoms with E-state index in [9.17, 15) is 4.79 Å². The lowest BCUT2D eigenvalue weighted by molar-refractivity contribution is 0.102. The summed E-state index contributed by atoms with van der Waals surface area (Å²) in [6.07, 6.45) is 0. The number of benzene rings is 2. The van der Waals surface area contributed by atoms with Gasteiger partial charge in [0.15, 0.2) is 17.3 Å². The quantitative estimate of drug-likeness (QED) is 0.628. The van der Waals surface area contributed by atoms with Crippen LogP contribution in [0, 0.1) is 0 Å². The SMILES string of the molecule is O=C(CSc1cccc(Cl)c1)c1ccc2c(c1)OCCO2. The predicted octanol–water partition coefficient (Wildman–Crippen LogP) is 4.09. The topological polar surface area (TPSA) is 35.5 Å². The summed E-state index contributed by atoms with van der Waals surface area (Å²) in [5.74, 6) is 1.75. The van der Waals surface area contributed by atoms with Crippen molar-refractivity contribution in [3.8, 4) is 11.5 Å². The zero-order chi connectivity index (χ0) is 14.7. The molecule has 1 aliphatic rings. The first-order valence-corrected chi connectivity index (χ1v) is 7.90. The molecule has 108 valence electrons. The summed E-state index contributed by atoms with van der Waals surface area (Å²) in [6, 6.07) is 12.8. The number of hydrogen-bond acceptors (Lipinski definition) is 4. The van der Waals surface area contributed by atoms with Crippen molar-refractivity contribution in [3.05, 3.63) is 53.1 Å². The summed E-state index contributed by atoms with van der Waals surface area (Å²) in [7, 11) is 0. The highest BCUT2D eigenvalue weighted by Gasteiger charge is 2.15. The molecule has 0 aromatic heterocycles. The average molecular weight is 321 g/mol. The fourth-order valence-corrected chi connectivity index (χ4v) is 3.11. The number of carbonyl (C=O) groups is 1. The molecule has 1 heterocycles. The lowest BCUT2D eigenvalue weighted by atomic mass is 10.1. The Morgan fingerprint density at radius 3 is 2.71 bits per heavy atom. The lowest BCUT2D eigenvalue weighted by Crippen LogP contribution is -2.16. The largest absolute Gasteiger partial charge is 0.486 e. The van der Waals surface area contributed by atoms with Gasteiger partial charge < -0.3 is 9.47 Å². The Labute approximate surface area is 132 Å². The highest BCUT2D eigenvalue weighted by Crippen LogP contribution is 2.31. The number of halogens is 1. The molecule has 0 amide bonds. The van der Waals surface area contributed by atoms with Crippen LogP contribution in [0.4, 0.5) is 0 Å². The molecule has 2 aromatic carbocycles. The van der Waals surface area contributed by atoms with Crippen LogP contribution in [0.1, 0.15) is 10.4 Å². The number of Topliss-reactive ketones (excluding diaryl/α,β-unsaturated/α-hetero) is 1. The molecule has 3 nitrogen and oxygen atoms in total. The molecule has 1 aliphatic heterocycles. The molecule has 0 bridgehead atoms. The summed E-state index contributed by atoms with van der Waals surface area (Å²) in [5.41, 5.74) is 0.633. The van der Waals surface area contributed by atoms with Crippen molar-refractivity contribution in [2.24, 2.45) is 0 Å². The minimum atomic E-state index is 0.0527. The summed E-state index contributed by atoms with van der Waals surface area (Å²) in [6.45, 7) is 1.06. The van der Waals surface area contributed by atoms with Gasteiger partial charge in [0.2, 0.25) is 0 Å². The zero-order valence-electron chi connectivity index (χ0n) is 11.2. The molecule has 5 heteroatoms. The normalized spacial score (nSPS) is 13.0. The maximum atomic E-state index is 12.2. The molecule has 0 N–H and O–H groups in total. The van der Waals surface area contributed by atoms with Crippen LogP contribution >= 0.6 is 23.4 Å². The summed E-state index contributed by atoms with van der Waals surface area (Å²) >= 11 is 7.40. The number of fused-ring (bicyclic) bond motifs is 1. The van der Waals surface area contributed by atoms with E-state index in [0.717, 1.165) is 4.90 Å². The van der Waals surface area contributed by atoms with Crippen LogP contribution in [0.5, 0.6) is 11.5 Å². The molecule has 21 heavy (non-hydrogen) atoms. The summed E-state index contributed by atoms with van der Waals surface area (Å²) in [4.78, 5) is 13.2. The fraction of sp³-hybridized carbons (Fsp3) is 0.188. The van der Waals surface area contributed by atoms with Gasteiger partial charge in [0, 0.05) is 15.5 Å². The third-order valence-electron chi connectivity index (χ3n) is 3.03. The number of carbonyl (C=O) groups excluding carboxylic acids is 1. The number of thioether (sulfide) groups is 1. The molecule has 0 fully saturated rings. The fourth-order valence-electron chi connectivity index (χ4n) is 2.01. The Hall–Kier alpha value is -1.65. The molecular weight excluding hydrogens is 308 g/mol. The van der Waals surface area contributed by atoms with Crippen molar-refractivity contribution in [1.82, 2.24) is 0 Å². The molecule has 0 unspecified atom stereocenters. The Morgan fingerprint density at radius 1 is 1.10 bits per heavy atom. The first-order valence-electron chi connectivity index (χ1n) is 6.53. The van der Waals surface area contributed by atoms with E-state index in [-0.39, 0.29) is 5.78 Å². The first-order chi connectivity index (χ1) is 10.2. The van der Waals surface area contributed by atoms with Crippen LogP contribution in [0.3, 0.4) is 0 Å². The molecular formula is C16H13ClO3S. The van der Waals surface area contributed by atoms with Crippen molar-refractivity contribution in [2.75, 3.05) is 19.0 Å². The van der Waals surface area contributed by atoms with Gasteiger partial charge in [-0.1, -0.05) is 17.7 Å². The van der Waals surface area contributed by atoms with Crippen molar-refractivity contribution in [3.63, 3.8) is 0 Å². The van der Waals surface area contributed by atoms with Crippen LogP contribution in [-0.2, 0) is 0 Å². The van der Waals surface area contributed by atoms with E-state index in [1.807, 2.05) is 24.3 Å². The van der Waals surface area contributed by atoms with Crippen molar-refractivity contribution in [1.29, 1.82) is 0 Å². The van der Waals surface area contributed by atoms with Crippen LogP contribution in [0.15, 0.2) is 47.4 Å². The molecule has 0 aliphatic carbocycles. The van der Waals surface area contributed by atoms with Gasteiger partial charge in [0.1, 0.15) is 13.2 Å². The van der Waals surface area contributed by atoms with Gasteiger partial charge in [-0.3, -0.25) is 4.79 Å². The monoisotopic (exact) mass is 320 g/mol. The Bertz CT molecular complexity index is 672. The first kappa shape index (κ1) is 14.3. The second kappa shape index (κ2) is 6.41. The van der Waals surface area contributed by atoms with Gasteiger partial charge >= 0.3 is 0 Å². The molecule has 0 saturated carbocycles. The summed E-state index contributed by atoms with van der Waals surface area (Å²) in [5, 5.41) is 0.673. The van der Waals surface area contributed by atoms with E-state index in [4.69, 9.17) is 21.1 Å².